The highest BCUT2D eigenvalue weighted by Crippen LogP contribution is 2.14. The first-order valence-corrected chi connectivity index (χ1v) is 6.74. The topological polar surface area (TPSA) is 34.1 Å². The van der Waals surface area contributed by atoms with Crippen molar-refractivity contribution < 1.29 is 8.42 Å². The van der Waals surface area contributed by atoms with Gasteiger partial charge in [0.05, 0.1) is 4.90 Å². The largest absolute Gasteiger partial charge is 0.224 e. The average molecular weight is 224 g/mol. The van der Waals surface area contributed by atoms with Gasteiger partial charge in [0.1, 0.15) is 0 Å². The predicted molar refractivity (Wildman–Crippen MR) is 62.6 cm³/mol. The van der Waals surface area contributed by atoms with Gasteiger partial charge in [0, 0.05) is 6.26 Å². The van der Waals surface area contributed by atoms with Crippen LogP contribution in [-0.2, 0) is 16.3 Å². The zero-order valence-corrected chi connectivity index (χ0v) is 9.92. The maximum atomic E-state index is 11.3. The van der Waals surface area contributed by atoms with E-state index < -0.39 is 9.84 Å². The summed E-state index contributed by atoms with van der Waals surface area (Å²) in [6.45, 7) is 5.77. The van der Waals surface area contributed by atoms with E-state index in [0.717, 1.165) is 12.0 Å². The lowest BCUT2D eigenvalue weighted by Crippen LogP contribution is -2.00. The minimum Gasteiger partial charge on any atom is -0.224 e. The summed E-state index contributed by atoms with van der Waals surface area (Å²) >= 11 is 0. The van der Waals surface area contributed by atoms with Gasteiger partial charge in [0.15, 0.2) is 9.84 Å². The molecular formula is C12H16O2S. The molecule has 3 heteroatoms. The van der Waals surface area contributed by atoms with E-state index in [4.69, 9.17) is 0 Å². The van der Waals surface area contributed by atoms with Crippen LogP contribution in [-0.4, -0.2) is 14.7 Å². The number of rotatable bonds is 4. The minimum absolute atomic E-state index is 0.361. The smallest absolute Gasteiger partial charge is 0.175 e. The van der Waals surface area contributed by atoms with E-state index in [0.29, 0.717) is 10.8 Å². The van der Waals surface area contributed by atoms with Crippen LogP contribution in [0.1, 0.15) is 12.5 Å². The van der Waals surface area contributed by atoms with Crippen molar-refractivity contribution in [2.75, 3.05) is 6.26 Å². The van der Waals surface area contributed by atoms with E-state index >= 15 is 0 Å². The summed E-state index contributed by atoms with van der Waals surface area (Å²) in [6.07, 6.45) is 3.92. The second kappa shape index (κ2) is 4.62. The Labute approximate surface area is 91.6 Å². The monoisotopic (exact) mass is 224 g/mol. The molecule has 0 heterocycles. The van der Waals surface area contributed by atoms with Crippen molar-refractivity contribution in [2.45, 2.75) is 18.2 Å². The van der Waals surface area contributed by atoms with Crippen LogP contribution in [0.4, 0.5) is 0 Å². The molecule has 2 nitrogen and oxygen atoms in total. The SMILES string of the molecule is C=CC(C)Cc1cccc(S(C)(=O)=O)c1. The fraction of sp³-hybridized carbons (Fsp3) is 0.333. The van der Waals surface area contributed by atoms with Gasteiger partial charge >= 0.3 is 0 Å². The van der Waals surface area contributed by atoms with Crippen LogP contribution in [0, 0.1) is 5.92 Å². The first-order valence-electron chi connectivity index (χ1n) is 4.85. The molecule has 0 saturated carbocycles. The van der Waals surface area contributed by atoms with Gasteiger partial charge in [-0.15, -0.1) is 6.58 Å². The normalized spacial score (nSPS) is 13.5. The predicted octanol–water partition coefficient (Wildman–Crippen LogP) is 2.45. The van der Waals surface area contributed by atoms with E-state index in [9.17, 15) is 8.42 Å². The van der Waals surface area contributed by atoms with E-state index in [1.54, 1.807) is 18.2 Å². The molecule has 0 aromatic heterocycles. The second-order valence-corrected chi connectivity index (χ2v) is 5.85. The van der Waals surface area contributed by atoms with Crippen LogP contribution in [0.5, 0.6) is 0 Å². The molecule has 0 aliphatic rings. The first kappa shape index (κ1) is 12.0. The minimum atomic E-state index is -3.09. The molecule has 0 aliphatic heterocycles. The lowest BCUT2D eigenvalue weighted by molar-refractivity contribution is 0.601. The highest BCUT2D eigenvalue weighted by Gasteiger charge is 2.07. The van der Waals surface area contributed by atoms with Crippen LogP contribution < -0.4 is 0 Å². The summed E-state index contributed by atoms with van der Waals surface area (Å²) in [7, 11) is -3.09. The van der Waals surface area contributed by atoms with Gasteiger partial charge in [-0.2, -0.15) is 0 Å². The third kappa shape index (κ3) is 3.51. The third-order valence-corrected chi connectivity index (χ3v) is 3.40. The van der Waals surface area contributed by atoms with Gasteiger partial charge in [0.2, 0.25) is 0 Å². The molecule has 1 rings (SSSR count). The van der Waals surface area contributed by atoms with E-state index in [-0.39, 0.29) is 0 Å². The van der Waals surface area contributed by atoms with Crippen LogP contribution >= 0.6 is 0 Å². The Morgan fingerprint density at radius 1 is 1.47 bits per heavy atom. The highest BCUT2D eigenvalue weighted by atomic mass is 32.2. The van der Waals surface area contributed by atoms with Gasteiger partial charge < -0.3 is 0 Å². The molecule has 0 radical (unpaired) electrons. The lowest BCUT2D eigenvalue weighted by Gasteiger charge is -2.07. The molecule has 0 N–H and O–H groups in total. The Balaban J connectivity index is 2.98. The molecule has 1 atom stereocenters. The van der Waals surface area contributed by atoms with Gasteiger partial charge in [0.25, 0.3) is 0 Å². The van der Waals surface area contributed by atoms with E-state index in [1.165, 1.54) is 6.26 Å². The maximum absolute atomic E-state index is 11.3. The molecule has 82 valence electrons. The molecule has 15 heavy (non-hydrogen) atoms. The Hall–Kier alpha value is -1.09. The summed E-state index contributed by atoms with van der Waals surface area (Å²) in [4.78, 5) is 0.385. The Morgan fingerprint density at radius 3 is 2.67 bits per heavy atom. The van der Waals surface area contributed by atoms with Crippen molar-refractivity contribution >= 4 is 9.84 Å². The van der Waals surface area contributed by atoms with Crippen molar-refractivity contribution in [3.63, 3.8) is 0 Å². The molecule has 1 unspecified atom stereocenters. The maximum Gasteiger partial charge on any atom is 0.175 e. The molecule has 0 aliphatic carbocycles. The number of hydrogen-bond acceptors (Lipinski definition) is 2. The summed E-state index contributed by atoms with van der Waals surface area (Å²) in [5.74, 6) is 0.361. The standard InChI is InChI=1S/C12H16O2S/c1-4-10(2)8-11-6-5-7-12(9-11)15(3,13)14/h4-7,9-10H,1,8H2,2-3H3. The lowest BCUT2D eigenvalue weighted by atomic mass is 10.0. The van der Waals surface area contributed by atoms with Crippen molar-refractivity contribution in [3.05, 3.63) is 42.5 Å². The van der Waals surface area contributed by atoms with Crippen LogP contribution in [0.2, 0.25) is 0 Å². The number of allylic oxidation sites excluding steroid dienone is 1. The zero-order chi connectivity index (χ0) is 11.5. The molecule has 0 fully saturated rings. The fourth-order valence-electron chi connectivity index (χ4n) is 1.36. The molecule has 0 spiro atoms. The van der Waals surface area contributed by atoms with Crippen molar-refractivity contribution in [1.82, 2.24) is 0 Å². The van der Waals surface area contributed by atoms with Crippen molar-refractivity contribution in [1.29, 1.82) is 0 Å². The van der Waals surface area contributed by atoms with Gasteiger partial charge in [-0.05, 0) is 30.0 Å². The van der Waals surface area contributed by atoms with E-state index in [2.05, 4.69) is 13.5 Å². The molecule has 1 aromatic carbocycles. The summed E-state index contributed by atoms with van der Waals surface area (Å²) in [6, 6.07) is 7.07. The third-order valence-electron chi connectivity index (χ3n) is 2.29. The fourth-order valence-corrected chi connectivity index (χ4v) is 2.05. The average Bonchev–Trinajstić information content (AvgIpc) is 2.17. The Bertz CT molecular complexity index is 446. The zero-order valence-electron chi connectivity index (χ0n) is 9.10. The van der Waals surface area contributed by atoms with Gasteiger partial charge in [-0.3, -0.25) is 0 Å². The first-order chi connectivity index (χ1) is 6.93. The Morgan fingerprint density at radius 2 is 2.13 bits per heavy atom. The highest BCUT2D eigenvalue weighted by molar-refractivity contribution is 7.90. The van der Waals surface area contributed by atoms with Crippen molar-refractivity contribution in [3.8, 4) is 0 Å². The van der Waals surface area contributed by atoms with Gasteiger partial charge in [-0.25, -0.2) is 8.42 Å². The summed E-state index contributed by atoms with van der Waals surface area (Å²) in [5.41, 5.74) is 1.03. The van der Waals surface area contributed by atoms with Crippen LogP contribution in [0.15, 0.2) is 41.8 Å². The van der Waals surface area contributed by atoms with Crippen molar-refractivity contribution in [2.24, 2.45) is 5.92 Å². The molecular weight excluding hydrogens is 208 g/mol. The molecule has 1 aromatic rings. The van der Waals surface area contributed by atoms with Crippen LogP contribution in [0.25, 0.3) is 0 Å². The van der Waals surface area contributed by atoms with Gasteiger partial charge in [-0.1, -0.05) is 25.1 Å². The Kier molecular flexibility index (Phi) is 3.69. The van der Waals surface area contributed by atoms with Crippen LogP contribution in [0.3, 0.4) is 0 Å². The van der Waals surface area contributed by atoms with E-state index in [1.807, 2.05) is 12.1 Å². The number of hydrogen-bond donors (Lipinski definition) is 0. The summed E-state index contributed by atoms with van der Waals surface area (Å²) in [5, 5.41) is 0. The number of sulfone groups is 1. The number of benzene rings is 1. The molecule has 0 bridgehead atoms. The second-order valence-electron chi connectivity index (χ2n) is 3.84. The molecule has 0 saturated heterocycles. The molecule has 0 amide bonds. The summed E-state index contributed by atoms with van der Waals surface area (Å²) < 4.78 is 22.6. The quantitative estimate of drug-likeness (QED) is 0.736.